The van der Waals surface area contributed by atoms with Crippen molar-refractivity contribution < 1.29 is 8.78 Å². The molecule has 0 aromatic heterocycles. The molecule has 29 heavy (non-hydrogen) atoms. The second kappa shape index (κ2) is 9.06. The first-order valence-electron chi connectivity index (χ1n) is 10.2. The molecule has 1 aromatic carbocycles. The number of halogens is 3. The molecule has 3 heterocycles. The number of likely N-dealkylation sites (tertiary alicyclic amines) is 1. The highest BCUT2D eigenvalue weighted by atomic mass is 35.5. The average molecular weight is 444 g/mol. The third-order valence-corrected chi connectivity index (χ3v) is 7.16. The Hall–Kier alpha value is -0.930. The number of piperidine rings is 1. The summed E-state index contributed by atoms with van der Waals surface area (Å²) in [6.07, 6.45) is 0.754. The highest BCUT2D eigenvalue weighted by Gasteiger charge is 2.40. The lowest BCUT2D eigenvalue weighted by Crippen LogP contribution is -2.48. The Balaban J connectivity index is 1.25. The molecule has 1 aromatic rings. The molecule has 4 rings (SSSR count). The van der Waals surface area contributed by atoms with Crippen molar-refractivity contribution in [2.45, 2.75) is 31.5 Å². The third kappa shape index (κ3) is 5.41. The fraction of sp³-hybridized carbons (Fsp3) is 0.650. The van der Waals surface area contributed by atoms with E-state index in [-0.39, 0.29) is 19.1 Å². The molecule has 2 saturated heterocycles. The van der Waals surface area contributed by atoms with Gasteiger partial charge in [-0.25, -0.2) is 18.1 Å². The van der Waals surface area contributed by atoms with Crippen molar-refractivity contribution in [3.8, 4) is 0 Å². The lowest BCUT2D eigenvalue weighted by Gasteiger charge is -2.36. The Bertz CT molecular complexity index is 714. The van der Waals surface area contributed by atoms with Crippen molar-refractivity contribution in [1.82, 2.24) is 19.0 Å². The number of rotatable bonds is 4. The van der Waals surface area contributed by atoms with Crippen molar-refractivity contribution in [1.29, 1.82) is 0 Å². The maximum absolute atomic E-state index is 13.5. The Morgan fingerprint density at radius 1 is 1.07 bits per heavy atom. The van der Waals surface area contributed by atoms with Gasteiger partial charge >= 0.3 is 0 Å². The van der Waals surface area contributed by atoms with E-state index in [1.807, 2.05) is 19.2 Å². The van der Waals surface area contributed by atoms with Crippen LogP contribution in [0.5, 0.6) is 0 Å². The zero-order chi connectivity index (χ0) is 20.4. The molecule has 0 spiro atoms. The second-order valence-corrected chi connectivity index (χ2v) is 9.55. The number of alkyl halides is 2. The predicted molar refractivity (Wildman–Crippen MR) is 116 cm³/mol. The number of hydrogen-bond donors (Lipinski definition) is 0. The van der Waals surface area contributed by atoms with Crippen molar-refractivity contribution >= 4 is 28.7 Å². The molecule has 160 valence electrons. The van der Waals surface area contributed by atoms with Gasteiger partial charge in [0, 0.05) is 70.7 Å². The molecule has 0 N–H and O–H groups in total. The van der Waals surface area contributed by atoms with Gasteiger partial charge in [0.2, 0.25) is 0 Å². The minimum absolute atomic E-state index is 0.0703. The molecule has 3 aliphatic heterocycles. The van der Waals surface area contributed by atoms with Crippen molar-refractivity contribution in [2.24, 2.45) is 4.99 Å². The first-order valence-corrected chi connectivity index (χ1v) is 11.4. The first-order chi connectivity index (χ1) is 13.9. The van der Waals surface area contributed by atoms with Crippen LogP contribution in [0.25, 0.3) is 0 Å². The van der Waals surface area contributed by atoms with E-state index in [2.05, 4.69) is 31.1 Å². The lowest BCUT2D eigenvalue weighted by molar-refractivity contribution is -0.0694. The van der Waals surface area contributed by atoms with Gasteiger partial charge in [-0.2, -0.15) is 0 Å². The fourth-order valence-electron chi connectivity index (χ4n) is 4.01. The quantitative estimate of drug-likeness (QED) is 0.664. The number of aliphatic imine (C=N–C) groups is 1. The van der Waals surface area contributed by atoms with Gasteiger partial charge in [0.25, 0.3) is 5.92 Å². The van der Waals surface area contributed by atoms with E-state index < -0.39 is 5.92 Å². The van der Waals surface area contributed by atoms with Crippen LogP contribution in [0.1, 0.15) is 18.4 Å². The number of hydrogen-bond acceptors (Lipinski definition) is 6. The molecule has 1 atom stereocenters. The van der Waals surface area contributed by atoms with E-state index in [0.29, 0.717) is 13.1 Å². The van der Waals surface area contributed by atoms with Gasteiger partial charge in [-0.05, 0) is 36.1 Å². The summed E-state index contributed by atoms with van der Waals surface area (Å²) >= 11 is 7.59. The van der Waals surface area contributed by atoms with Gasteiger partial charge in [0.05, 0.1) is 0 Å². The van der Waals surface area contributed by atoms with E-state index in [1.165, 1.54) is 5.56 Å². The van der Waals surface area contributed by atoms with E-state index in [4.69, 9.17) is 16.6 Å². The maximum atomic E-state index is 13.5. The Labute approximate surface area is 180 Å². The van der Waals surface area contributed by atoms with E-state index in [0.717, 1.165) is 49.3 Å². The van der Waals surface area contributed by atoms with Gasteiger partial charge in [-0.1, -0.05) is 23.7 Å². The maximum Gasteiger partial charge on any atom is 0.250 e. The highest BCUT2D eigenvalue weighted by Crippen LogP contribution is 2.33. The highest BCUT2D eigenvalue weighted by molar-refractivity contribution is 8.12. The van der Waals surface area contributed by atoms with Crippen LogP contribution < -0.4 is 0 Å². The van der Waals surface area contributed by atoms with Crippen LogP contribution in [0, 0.1) is 0 Å². The van der Waals surface area contributed by atoms with Crippen LogP contribution in [0.4, 0.5) is 8.78 Å². The van der Waals surface area contributed by atoms with Crippen LogP contribution in [-0.4, -0.2) is 89.2 Å². The van der Waals surface area contributed by atoms with Crippen molar-refractivity contribution in [3.05, 3.63) is 34.9 Å². The van der Waals surface area contributed by atoms with Crippen LogP contribution in [-0.2, 0) is 6.42 Å². The zero-order valence-corrected chi connectivity index (χ0v) is 18.3. The molecule has 0 amide bonds. The fourth-order valence-corrected chi connectivity index (χ4v) is 5.11. The normalized spacial score (nSPS) is 26.7. The van der Waals surface area contributed by atoms with E-state index in [9.17, 15) is 8.78 Å². The topological polar surface area (TPSA) is 25.3 Å². The largest absolute Gasteiger partial charge is 0.348 e. The predicted octanol–water partition coefficient (Wildman–Crippen LogP) is 3.46. The number of nitrogens with zero attached hydrogens (tertiary/aromatic N) is 5. The SMILES string of the molecule is CN1SC(N2CCN(CCc3ccc(Cl)cc3)CC2)=NC1N1CCC(F)(F)CC1. The monoisotopic (exact) mass is 443 g/mol. The minimum atomic E-state index is -2.52. The number of piperazine rings is 1. The van der Waals surface area contributed by atoms with Gasteiger partial charge in [-0.3, -0.25) is 9.80 Å². The third-order valence-electron chi connectivity index (χ3n) is 5.91. The van der Waals surface area contributed by atoms with Crippen LogP contribution >= 0.6 is 23.5 Å². The van der Waals surface area contributed by atoms with Crippen LogP contribution in [0.15, 0.2) is 29.3 Å². The molecule has 1 unspecified atom stereocenters. The second-order valence-electron chi connectivity index (χ2n) is 7.99. The summed E-state index contributed by atoms with van der Waals surface area (Å²) in [6, 6.07) is 8.07. The van der Waals surface area contributed by atoms with Gasteiger partial charge in [0.15, 0.2) is 11.5 Å². The Morgan fingerprint density at radius 3 is 2.38 bits per heavy atom. The zero-order valence-electron chi connectivity index (χ0n) is 16.7. The number of amidine groups is 1. The Kier molecular flexibility index (Phi) is 6.65. The summed E-state index contributed by atoms with van der Waals surface area (Å²) < 4.78 is 29.0. The smallest absolute Gasteiger partial charge is 0.250 e. The van der Waals surface area contributed by atoms with Crippen LogP contribution in [0.2, 0.25) is 5.02 Å². The van der Waals surface area contributed by atoms with Gasteiger partial charge in [-0.15, -0.1) is 0 Å². The molecule has 0 aliphatic carbocycles. The molecular formula is C20H28ClF2N5S. The molecule has 0 saturated carbocycles. The van der Waals surface area contributed by atoms with Crippen molar-refractivity contribution in [2.75, 3.05) is 52.9 Å². The summed E-state index contributed by atoms with van der Waals surface area (Å²) in [5.41, 5.74) is 1.31. The molecule has 0 radical (unpaired) electrons. The first kappa shape index (κ1) is 21.3. The van der Waals surface area contributed by atoms with E-state index in [1.54, 1.807) is 11.9 Å². The average Bonchev–Trinajstić information content (AvgIpc) is 3.10. The van der Waals surface area contributed by atoms with Gasteiger partial charge in [0.1, 0.15) is 0 Å². The van der Waals surface area contributed by atoms with Crippen molar-refractivity contribution in [3.63, 3.8) is 0 Å². The number of benzene rings is 1. The van der Waals surface area contributed by atoms with E-state index >= 15 is 0 Å². The van der Waals surface area contributed by atoms with Crippen LogP contribution in [0.3, 0.4) is 0 Å². The summed E-state index contributed by atoms with van der Waals surface area (Å²) in [5.74, 6) is -2.52. The molecule has 2 fully saturated rings. The molecule has 5 nitrogen and oxygen atoms in total. The molecule has 9 heteroatoms. The Morgan fingerprint density at radius 2 is 1.72 bits per heavy atom. The summed E-state index contributed by atoms with van der Waals surface area (Å²) in [6.45, 7) is 5.76. The molecule has 0 bridgehead atoms. The summed E-state index contributed by atoms with van der Waals surface area (Å²) in [5, 5.41) is 1.80. The summed E-state index contributed by atoms with van der Waals surface area (Å²) in [4.78, 5) is 11.8. The summed E-state index contributed by atoms with van der Waals surface area (Å²) in [7, 11) is 2.00. The standard InChI is InChI=1S/C20H28ClF2N5S/c1-25-18(27-10-7-20(22,23)8-11-27)24-19(29-25)28-14-12-26(13-15-28)9-6-16-2-4-17(21)5-3-16/h2-5,18H,6-15H2,1H3. The molecular weight excluding hydrogens is 416 g/mol. The minimum Gasteiger partial charge on any atom is -0.348 e. The lowest BCUT2D eigenvalue weighted by atomic mass is 10.1. The molecule has 3 aliphatic rings. The van der Waals surface area contributed by atoms with Gasteiger partial charge < -0.3 is 4.90 Å².